The molecule has 1 aromatic heterocycles. The van der Waals surface area contributed by atoms with E-state index in [1.807, 2.05) is 24.8 Å². The number of piperazine rings is 1. The highest BCUT2D eigenvalue weighted by atomic mass is 16.2. The minimum absolute atomic E-state index is 0.0149. The van der Waals surface area contributed by atoms with Gasteiger partial charge in [-0.15, -0.1) is 0 Å². The molecule has 0 spiro atoms. The van der Waals surface area contributed by atoms with Gasteiger partial charge in [-0.05, 0) is 26.0 Å². The highest BCUT2D eigenvalue weighted by Gasteiger charge is 2.22. The second-order valence-electron chi connectivity index (χ2n) is 7.41. The Morgan fingerprint density at radius 2 is 1.89 bits per heavy atom. The molecule has 0 aliphatic carbocycles. The first-order chi connectivity index (χ1) is 13.4. The summed E-state index contributed by atoms with van der Waals surface area (Å²) in [6.45, 7) is 6.82. The monoisotopic (exact) mass is 385 g/mol. The lowest BCUT2D eigenvalue weighted by atomic mass is 10.2. The standard InChI is InChI=1S/C20H27N5O3/c1-14(2)21-18(26)13-24-9-11-25(12-10-24)19(27)8-7-17-22-16-6-4-3-5-15(16)20(28)23-17/h3-6,14H,7-13H2,1-2H3,(H,21,26)(H,22,23,28). The van der Waals surface area contributed by atoms with Crippen molar-refractivity contribution in [3.8, 4) is 0 Å². The predicted molar refractivity (Wildman–Crippen MR) is 107 cm³/mol. The molecule has 1 aromatic carbocycles. The van der Waals surface area contributed by atoms with E-state index in [2.05, 4.69) is 20.2 Å². The van der Waals surface area contributed by atoms with Crippen molar-refractivity contribution >= 4 is 22.7 Å². The second kappa shape index (κ2) is 8.97. The van der Waals surface area contributed by atoms with Crippen LogP contribution in [0.15, 0.2) is 29.1 Å². The zero-order valence-electron chi connectivity index (χ0n) is 16.4. The zero-order chi connectivity index (χ0) is 20.1. The van der Waals surface area contributed by atoms with Gasteiger partial charge in [0.25, 0.3) is 5.56 Å². The number of hydrogen-bond donors (Lipinski definition) is 2. The molecule has 8 nitrogen and oxygen atoms in total. The Morgan fingerprint density at radius 1 is 1.18 bits per heavy atom. The summed E-state index contributed by atoms with van der Waals surface area (Å²) in [4.78, 5) is 47.5. The van der Waals surface area contributed by atoms with Crippen molar-refractivity contribution in [3.63, 3.8) is 0 Å². The van der Waals surface area contributed by atoms with Gasteiger partial charge in [-0.1, -0.05) is 12.1 Å². The fourth-order valence-corrected chi connectivity index (χ4v) is 3.36. The summed E-state index contributed by atoms with van der Waals surface area (Å²) in [7, 11) is 0. The third-order valence-electron chi connectivity index (χ3n) is 4.78. The van der Waals surface area contributed by atoms with Gasteiger partial charge in [0.1, 0.15) is 5.82 Å². The van der Waals surface area contributed by atoms with E-state index in [0.717, 1.165) is 0 Å². The minimum atomic E-state index is -0.179. The lowest BCUT2D eigenvalue weighted by Crippen LogP contribution is -2.51. The van der Waals surface area contributed by atoms with Crippen molar-refractivity contribution < 1.29 is 9.59 Å². The summed E-state index contributed by atoms with van der Waals surface area (Å²) < 4.78 is 0. The van der Waals surface area contributed by atoms with Crippen molar-refractivity contribution in [1.82, 2.24) is 25.1 Å². The van der Waals surface area contributed by atoms with Crippen LogP contribution in [0.3, 0.4) is 0 Å². The average molecular weight is 385 g/mol. The number of nitrogens with zero attached hydrogens (tertiary/aromatic N) is 3. The van der Waals surface area contributed by atoms with E-state index in [9.17, 15) is 14.4 Å². The topological polar surface area (TPSA) is 98.4 Å². The Kier molecular flexibility index (Phi) is 6.41. The van der Waals surface area contributed by atoms with Crippen molar-refractivity contribution in [2.45, 2.75) is 32.7 Å². The number of aryl methyl sites for hydroxylation is 1. The van der Waals surface area contributed by atoms with E-state index < -0.39 is 0 Å². The SMILES string of the molecule is CC(C)NC(=O)CN1CCN(C(=O)CCc2nc3ccccc3c(=O)[nH]2)CC1. The first kappa shape index (κ1) is 20.0. The Hall–Kier alpha value is -2.74. The number of benzene rings is 1. The number of aromatic nitrogens is 2. The predicted octanol–water partition coefficient (Wildman–Crippen LogP) is 0.525. The molecule has 0 atom stereocenters. The molecule has 2 N–H and O–H groups in total. The van der Waals surface area contributed by atoms with Crippen molar-refractivity contribution in [2.24, 2.45) is 0 Å². The number of para-hydroxylation sites is 1. The third kappa shape index (κ3) is 5.16. The van der Waals surface area contributed by atoms with Gasteiger partial charge in [0.15, 0.2) is 0 Å². The number of fused-ring (bicyclic) bond motifs is 1. The van der Waals surface area contributed by atoms with Gasteiger partial charge >= 0.3 is 0 Å². The number of nitrogens with one attached hydrogen (secondary N) is 2. The zero-order valence-corrected chi connectivity index (χ0v) is 16.4. The Morgan fingerprint density at radius 3 is 2.61 bits per heavy atom. The number of aromatic amines is 1. The van der Waals surface area contributed by atoms with Gasteiger partial charge in [0, 0.05) is 45.1 Å². The van der Waals surface area contributed by atoms with Gasteiger partial charge in [0.2, 0.25) is 11.8 Å². The Labute approximate surface area is 163 Å². The maximum atomic E-state index is 12.5. The number of carbonyl (C=O) groups is 2. The van der Waals surface area contributed by atoms with Gasteiger partial charge in [-0.3, -0.25) is 19.3 Å². The van der Waals surface area contributed by atoms with E-state index in [0.29, 0.717) is 62.3 Å². The molecule has 150 valence electrons. The molecule has 0 saturated carbocycles. The molecule has 1 aliphatic heterocycles. The molecule has 0 radical (unpaired) electrons. The Balaban J connectivity index is 1.49. The minimum Gasteiger partial charge on any atom is -0.353 e. The van der Waals surface area contributed by atoms with Gasteiger partial charge < -0.3 is 15.2 Å². The van der Waals surface area contributed by atoms with E-state index in [1.165, 1.54) is 0 Å². The lowest BCUT2D eigenvalue weighted by molar-refractivity contribution is -0.133. The molecule has 2 heterocycles. The number of H-pyrrole nitrogens is 1. The maximum Gasteiger partial charge on any atom is 0.258 e. The highest BCUT2D eigenvalue weighted by Crippen LogP contribution is 2.09. The summed E-state index contributed by atoms with van der Waals surface area (Å²) in [5.41, 5.74) is 0.461. The third-order valence-corrected chi connectivity index (χ3v) is 4.78. The maximum absolute atomic E-state index is 12.5. The summed E-state index contributed by atoms with van der Waals surface area (Å²) in [6.07, 6.45) is 0.699. The van der Waals surface area contributed by atoms with Gasteiger partial charge in [-0.25, -0.2) is 4.98 Å². The fraction of sp³-hybridized carbons (Fsp3) is 0.500. The molecule has 8 heteroatoms. The smallest absolute Gasteiger partial charge is 0.258 e. The summed E-state index contributed by atoms with van der Waals surface area (Å²) >= 11 is 0. The second-order valence-corrected chi connectivity index (χ2v) is 7.41. The van der Waals surface area contributed by atoms with E-state index in [-0.39, 0.29) is 23.4 Å². The lowest BCUT2D eigenvalue weighted by Gasteiger charge is -2.34. The van der Waals surface area contributed by atoms with Crippen LogP contribution < -0.4 is 10.9 Å². The van der Waals surface area contributed by atoms with E-state index in [4.69, 9.17) is 0 Å². The van der Waals surface area contributed by atoms with Crippen LogP contribution in [0.5, 0.6) is 0 Å². The van der Waals surface area contributed by atoms with Crippen LogP contribution in [0.4, 0.5) is 0 Å². The number of hydrogen-bond acceptors (Lipinski definition) is 5. The number of rotatable bonds is 6. The van der Waals surface area contributed by atoms with Crippen molar-refractivity contribution in [1.29, 1.82) is 0 Å². The number of carbonyl (C=O) groups excluding carboxylic acids is 2. The molecule has 1 saturated heterocycles. The quantitative estimate of drug-likeness (QED) is 0.756. The first-order valence-corrected chi connectivity index (χ1v) is 9.70. The normalized spacial score (nSPS) is 15.2. The largest absolute Gasteiger partial charge is 0.353 e. The molecule has 3 rings (SSSR count). The van der Waals surface area contributed by atoms with Crippen LogP contribution in [0, 0.1) is 0 Å². The molecular formula is C20H27N5O3. The number of amides is 2. The molecule has 1 fully saturated rings. The first-order valence-electron chi connectivity index (χ1n) is 9.70. The van der Waals surface area contributed by atoms with Crippen LogP contribution in [0.2, 0.25) is 0 Å². The van der Waals surface area contributed by atoms with Crippen LogP contribution in [-0.2, 0) is 16.0 Å². The van der Waals surface area contributed by atoms with Crippen LogP contribution in [-0.4, -0.2) is 70.3 Å². The van der Waals surface area contributed by atoms with Crippen molar-refractivity contribution in [3.05, 3.63) is 40.4 Å². The molecule has 1 aliphatic rings. The van der Waals surface area contributed by atoms with Crippen LogP contribution >= 0.6 is 0 Å². The molecule has 28 heavy (non-hydrogen) atoms. The summed E-state index contributed by atoms with van der Waals surface area (Å²) in [5.74, 6) is 0.587. The van der Waals surface area contributed by atoms with Crippen LogP contribution in [0.25, 0.3) is 10.9 Å². The molecule has 2 aromatic rings. The molecule has 2 amide bonds. The van der Waals surface area contributed by atoms with Gasteiger partial charge in [0.05, 0.1) is 17.4 Å². The van der Waals surface area contributed by atoms with Gasteiger partial charge in [-0.2, -0.15) is 0 Å². The fourth-order valence-electron chi connectivity index (χ4n) is 3.36. The molecule has 0 unspecified atom stereocenters. The Bertz CT molecular complexity index is 900. The van der Waals surface area contributed by atoms with E-state index in [1.54, 1.807) is 18.2 Å². The summed E-state index contributed by atoms with van der Waals surface area (Å²) in [6, 6.07) is 7.30. The van der Waals surface area contributed by atoms with Crippen LogP contribution in [0.1, 0.15) is 26.1 Å². The summed E-state index contributed by atoms with van der Waals surface area (Å²) in [5, 5.41) is 3.43. The molecular weight excluding hydrogens is 358 g/mol. The average Bonchev–Trinajstić information content (AvgIpc) is 2.66. The molecule has 0 bridgehead atoms. The van der Waals surface area contributed by atoms with Crippen molar-refractivity contribution in [2.75, 3.05) is 32.7 Å². The van der Waals surface area contributed by atoms with E-state index >= 15 is 0 Å². The highest BCUT2D eigenvalue weighted by molar-refractivity contribution is 5.79.